The lowest BCUT2D eigenvalue weighted by Crippen LogP contribution is -2.78. The van der Waals surface area contributed by atoms with Gasteiger partial charge in [0.25, 0.3) is 9.84 Å². The highest BCUT2D eigenvalue weighted by Gasteiger charge is 2.40. The molecule has 3 aromatic carbocycles. The first-order valence-corrected chi connectivity index (χ1v) is 21.2. The molecular weight excluding hydrogens is 807 g/mol. The van der Waals surface area contributed by atoms with Crippen LogP contribution in [0.5, 0.6) is 5.88 Å². The number of thioether (sulfide) groups is 1. The van der Waals surface area contributed by atoms with Gasteiger partial charge in [0, 0.05) is 28.0 Å². The number of hydrogen-bond acceptors (Lipinski definition) is 18. The number of rotatable bonds is 22. The van der Waals surface area contributed by atoms with Gasteiger partial charge in [-0.1, -0.05) is 75.4 Å². The number of nitrogens with zero attached hydrogens (tertiary/aromatic N) is 5. The zero-order chi connectivity index (χ0) is 41.7. The molecule has 4 N–H and O–H groups in total. The summed E-state index contributed by atoms with van der Waals surface area (Å²) >= 11 is 1.57. The predicted molar refractivity (Wildman–Crippen MR) is 209 cm³/mol. The SMILES string of the molecule is CC.CCN(CCO/C(CS(=O)c1ccccc1)=N/ONOC)CCOc1no[n+](OC)c1S(=O)(=O)c1ccccc1.CO/C(CSc1ccccc1)=N/O[NH2+]O. The minimum Gasteiger partial charge on any atom is -0.481 e. The number of likely N-dealkylation sites (N-methyl/N-ethyl adjacent to an activating group) is 1. The largest absolute Gasteiger partial charge is 0.481 e. The maximum absolute atomic E-state index is 13.2. The van der Waals surface area contributed by atoms with Gasteiger partial charge in [-0.2, -0.15) is 10.1 Å². The summed E-state index contributed by atoms with van der Waals surface area (Å²) in [5.74, 6) is 0.845. The molecule has 0 aliphatic carbocycles. The van der Waals surface area contributed by atoms with E-state index in [4.69, 9.17) is 33.8 Å². The Balaban J connectivity index is 0.000000550. The Morgan fingerprint density at radius 2 is 1.58 bits per heavy atom. The first-order chi connectivity index (χ1) is 27.8. The highest BCUT2D eigenvalue weighted by molar-refractivity contribution is 8.00. The molecule has 57 heavy (non-hydrogen) atoms. The zero-order valence-corrected chi connectivity index (χ0v) is 35.0. The Morgan fingerprint density at radius 3 is 2.18 bits per heavy atom. The molecule has 0 bridgehead atoms. The molecule has 0 amide bonds. The first-order valence-electron chi connectivity index (χ1n) is 17.4. The minimum absolute atomic E-state index is 0.00499. The zero-order valence-electron chi connectivity index (χ0n) is 32.6. The molecule has 0 fully saturated rings. The van der Waals surface area contributed by atoms with Crippen LogP contribution in [0.1, 0.15) is 20.8 Å². The third-order valence-corrected chi connectivity index (χ3v) is 10.9. The molecule has 1 heterocycles. The molecule has 0 saturated heterocycles. The Bertz CT molecular complexity index is 1860. The van der Waals surface area contributed by atoms with Crippen LogP contribution in [0.25, 0.3) is 0 Å². The van der Waals surface area contributed by atoms with E-state index < -0.39 is 20.6 Å². The van der Waals surface area contributed by atoms with Crippen LogP contribution in [0.2, 0.25) is 0 Å². The summed E-state index contributed by atoms with van der Waals surface area (Å²) in [4.78, 5) is 23.2. The lowest BCUT2D eigenvalue weighted by atomic mass is 10.4. The van der Waals surface area contributed by atoms with Crippen LogP contribution in [0.15, 0.2) is 126 Å². The quantitative estimate of drug-likeness (QED) is 0.0340. The van der Waals surface area contributed by atoms with Crippen molar-refractivity contribution in [2.45, 2.75) is 40.5 Å². The number of sulfone groups is 1. The number of nitrogens with one attached hydrogen (secondary N) is 1. The fourth-order valence-corrected chi connectivity index (χ4v) is 7.35. The number of ether oxygens (including phenoxy) is 3. The summed E-state index contributed by atoms with van der Waals surface area (Å²) in [6.07, 6.45) is 0. The molecule has 0 aliphatic rings. The van der Waals surface area contributed by atoms with E-state index in [9.17, 15) is 12.6 Å². The van der Waals surface area contributed by atoms with Crippen LogP contribution >= 0.6 is 11.8 Å². The second-order valence-corrected chi connectivity index (χ2v) is 14.7. The third kappa shape index (κ3) is 17.5. The van der Waals surface area contributed by atoms with Crippen molar-refractivity contribution in [3.05, 3.63) is 91.0 Å². The maximum Gasteiger partial charge on any atom is 0.445 e. The van der Waals surface area contributed by atoms with Gasteiger partial charge in [-0.3, -0.25) is 18.9 Å². The van der Waals surface area contributed by atoms with Crippen LogP contribution in [0.3, 0.4) is 0 Å². The van der Waals surface area contributed by atoms with Crippen molar-refractivity contribution in [2.24, 2.45) is 10.3 Å². The van der Waals surface area contributed by atoms with E-state index in [1.54, 1.807) is 54.2 Å². The molecular formula is C35H51N7O12S3+2. The molecule has 4 rings (SSSR count). The lowest BCUT2D eigenvalue weighted by molar-refractivity contribution is -1.07. The smallest absolute Gasteiger partial charge is 0.445 e. The van der Waals surface area contributed by atoms with Crippen LogP contribution < -0.4 is 25.8 Å². The number of oxime groups is 2. The molecule has 1 unspecified atom stereocenters. The van der Waals surface area contributed by atoms with Gasteiger partial charge in [-0.05, 0) is 64.0 Å². The second-order valence-electron chi connectivity index (χ2n) is 10.3. The van der Waals surface area contributed by atoms with E-state index >= 15 is 0 Å². The van der Waals surface area contributed by atoms with Crippen LogP contribution in [-0.4, -0.2) is 105 Å². The molecule has 19 nitrogen and oxygen atoms in total. The van der Waals surface area contributed by atoms with Gasteiger partial charge in [0.05, 0.1) is 35.7 Å². The molecule has 0 spiro atoms. The first kappa shape index (κ1) is 48.3. The number of methoxy groups -OCH3 is 1. The number of hydrogen-bond donors (Lipinski definition) is 3. The molecule has 0 aliphatic heterocycles. The summed E-state index contributed by atoms with van der Waals surface area (Å²) in [5.41, 5.74) is 2.62. The van der Waals surface area contributed by atoms with Gasteiger partial charge >= 0.3 is 10.9 Å². The average molecular weight is 858 g/mol. The van der Waals surface area contributed by atoms with Gasteiger partial charge in [-0.15, -0.1) is 11.8 Å². The fraction of sp³-hybridized carbons (Fsp3) is 0.371. The molecule has 0 saturated carbocycles. The highest BCUT2D eigenvalue weighted by Crippen LogP contribution is 2.25. The normalized spacial score (nSPS) is 12.0. The molecule has 22 heteroatoms. The summed E-state index contributed by atoms with van der Waals surface area (Å²) in [6.45, 7) is 7.76. The van der Waals surface area contributed by atoms with Crippen molar-refractivity contribution < 1.29 is 66.8 Å². The Morgan fingerprint density at radius 1 is 0.947 bits per heavy atom. The van der Waals surface area contributed by atoms with Crippen molar-refractivity contribution >= 4 is 44.2 Å². The minimum atomic E-state index is -4.03. The Labute approximate surface area is 338 Å². The van der Waals surface area contributed by atoms with Crippen LogP contribution in [0, 0.1) is 0 Å². The van der Waals surface area contributed by atoms with E-state index in [0.717, 1.165) is 4.90 Å². The summed E-state index contributed by atoms with van der Waals surface area (Å²) in [5, 5.41) is 19.0. The van der Waals surface area contributed by atoms with E-state index in [-0.39, 0.29) is 40.7 Å². The number of benzene rings is 3. The van der Waals surface area contributed by atoms with E-state index in [1.165, 1.54) is 33.5 Å². The van der Waals surface area contributed by atoms with Gasteiger partial charge < -0.3 is 19.0 Å². The molecule has 0 radical (unpaired) electrons. The van der Waals surface area contributed by atoms with Crippen molar-refractivity contribution in [3.8, 4) is 5.88 Å². The fourth-order valence-electron chi connectivity index (χ4n) is 4.18. The third-order valence-electron chi connectivity index (χ3n) is 6.86. The average Bonchev–Trinajstić information content (AvgIpc) is 3.69. The number of nitrogens with two attached hydrogens (primary N) is 1. The van der Waals surface area contributed by atoms with Crippen molar-refractivity contribution in [1.29, 1.82) is 0 Å². The van der Waals surface area contributed by atoms with E-state index in [1.807, 2.05) is 62.1 Å². The summed E-state index contributed by atoms with van der Waals surface area (Å²) in [7, 11) is -1.32. The van der Waals surface area contributed by atoms with Crippen LogP contribution in [-0.2, 0) is 44.8 Å². The summed E-state index contributed by atoms with van der Waals surface area (Å²) in [6, 6.07) is 26.6. The molecule has 314 valence electrons. The monoisotopic (exact) mass is 857 g/mol. The lowest BCUT2D eigenvalue weighted by Gasteiger charge is -2.20. The molecule has 4 aromatic rings. The van der Waals surface area contributed by atoms with Crippen molar-refractivity contribution in [3.63, 3.8) is 0 Å². The van der Waals surface area contributed by atoms with Gasteiger partial charge in [0.2, 0.25) is 17.0 Å². The Kier molecular flexibility index (Phi) is 24.2. The topological polar surface area (TPSA) is 223 Å². The predicted octanol–water partition coefficient (Wildman–Crippen LogP) is 2.42. The summed E-state index contributed by atoms with van der Waals surface area (Å²) < 4.78 is 60.3. The van der Waals surface area contributed by atoms with Crippen molar-refractivity contribution in [2.75, 3.05) is 65.7 Å². The van der Waals surface area contributed by atoms with E-state index in [0.29, 0.717) is 46.7 Å². The maximum atomic E-state index is 13.2. The van der Waals surface area contributed by atoms with Gasteiger partial charge in [-0.25, -0.2) is 8.42 Å². The van der Waals surface area contributed by atoms with E-state index in [2.05, 4.69) is 30.9 Å². The number of aromatic nitrogens is 2. The highest BCUT2D eigenvalue weighted by atomic mass is 32.2. The molecule has 1 aromatic heterocycles. The standard InChI is InChI=1S/C24H32N5O9S2.C9H13N2O3S.C2H6/c1-4-28(15-17-35-22(25-37-27-33-2)19-39(30)20-11-7-5-8-12-20)16-18-36-23-24(29(34-3)38-26-23)40(31,32)21-13-9-6-10-14-21;1-13-9(10-14-11-12)7-15-8-5-3-2-4-6-8;1-2/h5-14,27H,4,15-19H2,1-3H3;2-6,12H,7,11H2,1H3;1-2H3/q2*+1;/b25-22+;10-9+;. The molecule has 1 atom stereocenters. The van der Waals surface area contributed by atoms with Gasteiger partial charge in [0.15, 0.2) is 4.90 Å². The van der Waals surface area contributed by atoms with Crippen molar-refractivity contribution in [1.82, 2.24) is 15.7 Å². The number of quaternary nitrogens is 1. The second kappa shape index (κ2) is 28.6. The van der Waals surface area contributed by atoms with Crippen LogP contribution in [0.4, 0.5) is 0 Å². The Hall–Kier alpha value is -4.81. The van der Waals surface area contributed by atoms with Gasteiger partial charge in [0.1, 0.15) is 26.1 Å².